The van der Waals surface area contributed by atoms with Crippen LogP contribution >= 0.6 is 22.9 Å². The third-order valence-electron chi connectivity index (χ3n) is 4.67. The van der Waals surface area contributed by atoms with Gasteiger partial charge in [-0.1, -0.05) is 18.5 Å². The third-order valence-corrected chi connectivity index (χ3v) is 6.11. The third kappa shape index (κ3) is 3.84. The second kappa shape index (κ2) is 7.70. The largest absolute Gasteiger partial charge is 0.352 e. The van der Waals surface area contributed by atoms with Crippen molar-refractivity contribution in [3.05, 3.63) is 46.6 Å². The Morgan fingerprint density at radius 2 is 1.93 bits per heavy atom. The lowest BCUT2D eigenvalue weighted by Crippen LogP contribution is -2.50. The molecule has 8 heteroatoms. The number of piperazine rings is 1. The molecule has 0 saturated carbocycles. The first kappa shape index (κ1) is 18.0. The molecule has 6 nitrogen and oxygen atoms in total. The van der Waals surface area contributed by atoms with E-state index in [1.807, 2.05) is 4.90 Å². The number of carbonyl (C=O) groups is 1. The molecule has 1 aliphatic rings. The molecule has 3 heterocycles. The number of benzene rings is 1. The predicted octanol–water partition coefficient (Wildman–Crippen LogP) is 4.26. The molecule has 1 fully saturated rings. The van der Waals surface area contributed by atoms with E-state index in [0.717, 1.165) is 41.2 Å². The van der Waals surface area contributed by atoms with E-state index in [2.05, 4.69) is 33.2 Å². The summed E-state index contributed by atoms with van der Waals surface area (Å²) in [5.74, 6) is 0.966. The fourth-order valence-electron chi connectivity index (χ4n) is 3.18. The Balaban J connectivity index is 1.42. The van der Waals surface area contributed by atoms with Crippen molar-refractivity contribution in [1.82, 2.24) is 14.9 Å². The number of carbonyl (C=O) groups excluding carboxylic acids is 1. The number of thiophene rings is 1. The highest BCUT2D eigenvalue weighted by Crippen LogP contribution is 2.31. The van der Waals surface area contributed by atoms with Crippen molar-refractivity contribution in [2.24, 2.45) is 0 Å². The lowest BCUT2D eigenvalue weighted by atomic mass is 10.2. The van der Waals surface area contributed by atoms with Crippen LogP contribution in [0.4, 0.5) is 16.3 Å². The molecule has 2 aromatic heterocycles. The number of hydrogen-bond donors (Lipinski definition) is 1. The number of fused-ring (bicyclic) bond motifs is 1. The zero-order valence-electron chi connectivity index (χ0n) is 15.0. The summed E-state index contributed by atoms with van der Waals surface area (Å²) >= 11 is 7.61. The van der Waals surface area contributed by atoms with Gasteiger partial charge < -0.3 is 15.1 Å². The molecular weight excluding hydrogens is 382 g/mol. The van der Waals surface area contributed by atoms with E-state index in [4.69, 9.17) is 11.6 Å². The summed E-state index contributed by atoms with van der Waals surface area (Å²) in [6.45, 7) is 4.94. The highest BCUT2D eigenvalue weighted by atomic mass is 35.5. The van der Waals surface area contributed by atoms with Gasteiger partial charge in [0.05, 0.1) is 5.39 Å². The normalized spacial score (nSPS) is 14.6. The maximum absolute atomic E-state index is 12.5. The minimum absolute atomic E-state index is 0.0893. The lowest BCUT2D eigenvalue weighted by molar-refractivity contribution is 0.208. The molecule has 2 amide bonds. The van der Waals surface area contributed by atoms with Crippen LogP contribution in [-0.4, -0.2) is 47.1 Å². The predicted molar refractivity (Wildman–Crippen MR) is 111 cm³/mol. The van der Waals surface area contributed by atoms with Crippen LogP contribution in [-0.2, 0) is 6.42 Å². The number of halogens is 1. The Morgan fingerprint density at radius 3 is 2.63 bits per heavy atom. The van der Waals surface area contributed by atoms with E-state index in [-0.39, 0.29) is 6.03 Å². The molecule has 1 aliphatic heterocycles. The van der Waals surface area contributed by atoms with Crippen molar-refractivity contribution >= 4 is 50.7 Å². The van der Waals surface area contributed by atoms with Crippen LogP contribution in [0.5, 0.6) is 0 Å². The molecule has 1 saturated heterocycles. The fourth-order valence-corrected chi connectivity index (χ4v) is 4.23. The number of hydrogen-bond acceptors (Lipinski definition) is 5. The molecule has 1 N–H and O–H groups in total. The Kier molecular flexibility index (Phi) is 5.13. The monoisotopic (exact) mass is 401 g/mol. The van der Waals surface area contributed by atoms with Gasteiger partial charge in [-0.05, 0) is 36.8 Å². The fraction of sp³-hybridized carbons (Fsp3) is 0.316. The van der Waals surface area contributed by atoms with Crippen molar-refractivity contribution in [2.45, 2.75) is 13.3 Å². The number of rotatable bonds is 3. The first-order valence-electron chi connectivity index (χ1n) is 8.94. The number of nitrogens with one attached hydrogen (secondary N) is 1. The van der Waals surface area contributed by atoms with Gasteiger partial charge in [0.2, 0.25) is 0 Å². The Labute approximate surface area is 166 Å². The van der Waals surface area contributed by atoms with Crippen LogP contribution in [0.1, 0.15) is 11.8 Å². The molecule has 3 aromatic rings. The van der Waals surface area contributed by atoms with Gasteiger partial charge in [0.1, 0.15) is 17.0 Å². The first-order chi connectivity index (χ1) is 13.1. The topological polar surface area (TPSA) is 61.4 Å². The minimum atomic E-state index is -0.0893. The van der Waals surface area contributed by atoms with Gasteiger partial charge in [-0.3, -0.25) is 0 Å². The summed E-state index contributed by atoms with van der Waals surface area (Å²) in [5, 5.41) is 4.68. The summed E-state index contributed by atoms with van der Waals surface area (Å²) in [6, 6.07) is 9.23. The molecule has 27 heavy (non-hydrogen) atoms. The highest BCUT2D eigenvalue weighted by Gasteiger charge is 2.23. The molecule has 4 rings (SSSR count). The summed E-state index contributed by atoms with van der Waals surface area (Å²) in [7, 11) is 0. The van der Waals surface area contributed by atoms with Gasteiger partial charge in [-0.25, -0.2) is 14.8 Å². The van der Waals surface area contributed by atoms with Crippen molar-refractivity contribution in [2.75, 3.05) is 36.4 Å². The van der Waals surface area contributed by atoms with Crippen molar-refractivity contribution < 1.29 is 4.79 Å². The minimum Gasteiger partial charge on any atom is -0.352 e. The number of anilines is 2. The van der Waals surface area contributed by atoms with Gasteiger partial charge >= 0.3 is 6.03 Å². The standard InChI is InChI=1S/C19H20ClN5OS/c1-2-15-11-16-17(21-12-22-18(16)27-15)24-7-9-25(10-8-24)19(26)23-14-5-3-13(20)4-6-14/h3-6,11-12H,2,7-10H2,1H3,(H,23,26). The maximum Gasteiger partial charge on any atom is 0.321 e. The van der Waals surface area contributed by atoms with Gasteiger partial charge in [0, 0.05) is 41.8 Å². The Hall–Kier alpha value is -2.38. The van der Waals surface area contributed by atoms with Gasteiger partial charge in [-0.15, -0.1) is 11.3 Å². The Morgan fingerprint density at radius 1 is 1.19 bits per heavy atom. The van der Waals surface area contributed by atoms with E-state index in [0.29, 0.717) is 18.1 Å². The van der Waals surface area contributed by atoms with Gasteiger partial charge in [0.15, 0.2) is 0 Å². The quantitative estimate of drug-likeness (QED) is 0.712. The highest BCUT2D eigenvalue weighted by molar-refractivity contribution is 7.18. The second-order valence-electron chi connectivity index (χ2n) is 6.39. The van der Waals surface area contributed by atoms with Crippen LogP contribution in [0.2, 0.25) is 5.02 Å². The molecule has 1 aromatic carbocycles. The lowest BCUT2D eigenvalue weighted by Gasteiger charge is -2.35. The smallest absolute Gasteiger partial charge is 0.321 e. The van der Waals surface area contributed by atoms with Crippen LogP contribution in [0.3, 0.4) is 0 Å². The molecule has 0 unspecified atom stereocenters. The number of urea groups is 1. The Bertz CT molecular complexity index is 950. The van der Waals surface area contributed by atoms with Crippen molar-refractivity contribution in [3.8, 4) is 0 Å². The van der Waals surface area contributed by atoms with Crippen LogP contribution in [0.15, 0.2) is 36.7 Å². The van der Waals surface area contributed by atoms with Crippen LogP contribution < -0.4 is 10.2 Å². The molecule has 0 bridgehead atoms. The number of aromatic nitrogens is 2. The average molecular weight is 402 g/mol. The molecular formula is C19H20ClN5OS. The SMILES string of the molecule is CCc1cc2c(N3CCN(C(=O)Nc4ccc(Cl)cc4)CC3)ncnc2s1. The number of amides is 2. The molecule has 0 atom stereocenters. The van der Waals surface area contributed by atoms with Crippen LogP contribution in [0, 0.1) is 0 Å². The van der Waals surface area contributed by atoms with E-state index in [1.54, 1.807) is 41.9 Å². The van der Waals surface area contributed by atoms with E-state index in [9.17, 15) is 4.79 Å². The second-order valence-corrected chi connectivity index (χ2v) is 7.95. The summed E-state index contributed by atoms with van der Waals surface area (Å²) in [5.41, 5.74) is 0.745. The zero-order chi connectivity index (χ0) is 18.8. The van der Waals surface area contributed by atoms with Gasteiger partial charge in [-0.2, -0.15) is 0 Å². The summed E-state index contributed by atoms with van der Waals surface area (Å²) < 4.78 is 0. The molecule has 140 valence electrons. The average Bonchev–Trinajstić information content (AvgIpc) is 3.13. The van der Waals surface area contributed by atoms with Crippen LogP contribution in [0.25, 0.3) is 10.2 Å². The number of aryl methyl sites for hydroxylation is 1. The van der Waals surface area contributed by atoms with Gasteiger partial charge in [0.25, 0.3) is 0 Å². The first-order valence-corrected chi connectivity index (χ1v) is 10.1. The molecule has 0 spiro atoms. The maximum atomic E-state index is 12.5. The number of nitrogens with zero attached hydrogens (tertiary/aromatic N) is 4. The van der Waals surface area contributed by atoms with Crippen molar-refractivity contribution in [3.63, 3.8) is 0 Å². The van der Waals surface area contributed by atoms with E-state index < -0.39 is 0 Å². The summed E-state index contributed by atoms with van der Waals surface area (Å²) in [6.07, 6.45) is 2.63. The van der Waals surface area contributed by atoms with E-state index in [1.165, 1.54) is 4.88 Å². The molecule has 0 aliphatic carbocycles. The van der Waals surface area contributed by atoms with Crippen molar-refractivity contribution in [1.29, 1.82) is 0 Å². The molecule has 0 radical (unpaired) electrons. The zero-order valence-corrected chi connectivity index (χ0v) is 16.6. The van der Waals surface area contributed by atoms with E-state index >= 15 is 0 Å². The summed E-state index contributed by atoms with van der Waals surface area (Å²) in [4.78, 5) is 27.8.